The molecule has 32 heavy (non-hydrogen) atoms. The summed E-state index contributed by atoms with van der Waals surface area (Å²) >= 11 is 0. The van der Waals surface area contributed by atoms with Gasteiger partial charge >= 0.3 is 6.09 Å². The fraction of sp³-hybridized carbons (Fsp3) is 0.609. The molecule has 174 valence electrons. The standard InChI is InChI=1S/C23H32N4O5/c28-21(25-31)19-14-18(32-23(30)27-10-4-5-11-27)15-24-20(19)22(29)26-12-8-17(9-13-26)16-6-2-1-3-7-16/h1-3,6-7,17-20,24,31H,4-5,8-15H2,(H,25,28). The van der Waals surface area contributed by atoms with E-state index in [-0.39, 0.29) is 18.4 Å². The monoisotopic (exact) mass is 444 g/mol. The number of ether oxygens (including phenoxy) is 1. The second-order valence-corrected chi connectivity index (χ2v) is 8.91. The molecule has 1 aromatic carbocycles. The maximum atomic E-state index is 13.3. The number of carbonyl (C=O) groups excluding carboxylic acids is 3. The number of rotatable bonds is 4. The van der Waals surface area contributed by atoms with Gasteiger partial charge in [-0.05, 0) is 43.6 Å². The SMILES string of the molecule is O=C(NO)C1CC(OC(=O)N2CCCC2)CNC1C(=O)N1CCC(c2ccccc2)CC1. The number of nitrogens with zero attached hydrogens (tertiary/aromatic N) is 2. The lowest BCUT2D eigenvalue weighted by atomic mass is 9.86. The predicted octanol–water partition coefficient (Wildman–Crippen LogP) is 1.48. The Labute approximate surface area is 188 Å². The Bertz CT molecular complexity index is 806. The van der Waals surface area contributed by atoms with Crippen LogP contribution in [-0.2, 0) is 14.3 Å². The molecule has 1 aromatic rings. The fourth-order valence-corrected chi connectivity index (χ4v) is 5.07. The average molecular weight is 445 g/mol. The lowest BCUT2D eigenvalue weighted by Crippen LogP contribution is -2.60. The highest BCUT2D eigenvalue weighted by Crippen LogP contribution is 2.29. The number of nitrogens with one attached hydrogen (secondary N) is 2. The third kappa shape index (κ3) is 5.05. The van der Waals surface area contributed by atoms with E-state index in [1.54, 1.807) is 15.3 Å². The summed E-state index contributed by atoms with van der Waals surface area (Å²) in [5.74, 6) is -1.18. The van der Waals surface area contributed by atoms with Crippen molar-refractivity contribution in [2.45, 2.75) is 50.2 Å². The van der Waals surface area contributed by atoms with E-state index in [1.807, 2.05) is 18.2 Å². The van der Waals surface area contributed by atoms with E-state index in [1.165, 1.54) is 5.56 Å². The smallest absolute Gasteiger partial charge is 0.410 e. The molecule has 0 saturated carbocycles. The molecule has 3 amide bonds. The molecule has 3 unspecified atom stereocenters. The Morgan fingerprint density at radius 2 is 1.69 bits per heavy atom. The molecule has 0 aliphatic carbocycles. The van der Waals surface area contributed by atoms with Crippen molar-refractivity contribution < 1.29 is 24.3 Å². The third-order valence-electron chi connectivity index (χ3n) is 6.91. The summed E-state index contributed by atoms with van der Waals surface area (Å²) in [4.78, 5) is 41.4. The number of likely N-dealkylation sites (tertiary alicyclic amines) is 2. The Balaban J connectivity index is 1.35. The predicted molar refractivity (Wildman–Crippen MR) is 116 cm³/mol. The van der Waals surface area contributed by atoms with Gasteiger partial charge in [-0.2, -0.15) is 0 Å². The minimum absolute atomic E-state index is 0.144. The number of hydroxylamine groups is 1. The fourth-order valence-electron chi connectivity index (χ4n) is 5.07. The van der Waals surface area contributed by atoms with Crippen LogP contribution in [0.2, 0.25) is 0 Å². The van der Waals surface area contributed by atoms with Crippen molar-refractivity contribution in [3.8, 4) is 0 Å². The van der Waals surface area contributed by atoms with E-state index in [9.17, 15) is 19.6 Å². The minimum atomic E-state index is -0.815. The molecular weight excluding hydrogens is 412 g/mol. The van der Waals surface area contributed by atoms with E-state index in [0.29, 0.717) is 38.6 Å². The summed E-state index contributed by atoms with van der Waals surface area (Å²) in [5.41, 5.74) is 2.97. The highest BCUT2D eigenvalue weighted by atomic mass is 16.6. The quantitative estimate of drug-likeness (QED) is 0.479. The molecule has 9 heteroatoms. The van der Waals surface area contributed by atoms with Crippen LogP contribution in [0.4, 0.5) is 4.79 Å². The number of amides is 3. The zero-order valence-corrected chi connectivity index (χ0v) is 18.2. The van der Waals surface area contributed by atoms with Crippen molar-refractivity contribution in [3.05, 3.63) is 35.9 Å². The Kier molecular flexibility index (Phi) is 7.26. The molecule has 0 spiro atoms. The summed E-state index contributed by atoms with van der Waals surface area (Å²) in [5, 5.41) is 12.3. The first kappa shape index (κ1) is 22.5. The van der Waals surface area contributed by atoms with Crippen molar-refractivity contribution in [1.82, 2.24) is 20.6 Å². The third-order valence-corrected chi connectivity index (χ3v) is 6.91. The Hall–Kier alpha value is -2.65. The van der Waals surface area contributed by atoms with Gasteiger partial charge in [-0.3, -0.25) is 14.8 Å². The topological polar surface area (TPSA) is 111 Å². The molecule has 0 radical (unpaired) electrons. The molecule has 4 rings (SSSR count). The maximum Gasteiger partial charge on any atom is 0.410 e. The maximum absolute atomic E-state index is 13.3. The normalized spacial score (nSPS) is 26.6. The van der Waals surface area contributed by atoms with Gasteiger partial charge in [0.25, 0.3) is 0 Å². The van der Waals surface area contributed by atoms with Crippen LogP contribution < -0.4 is 10.8 Å². The minimum Gasteiger partial charge on any atom is -0.445 e. The lowest BCUT2D eigenvalue weighted by Gasteiger charge is -2.39. The molecule has 3 fully saturated rings. The number of hydrogen-bond acceptors (Lipinski definition) is 6. The first-order valence-electron chi connectivity index (χ1n) is 11.5. The molecule has 0 aromatic heterocycles. The zero-order valence-electron chi connectivity index (χ0n) is 18.2. The summed E-state index contributed by atoms with van der Waals surface area (Å²) in [7, 11) is 0. The van der Waals surface area contributed by atoms with Gasteiger partial charge in [0.15, 0.2) is 0 Å². The van der Waals surface area contributed by atoms with Crippen LogP contribution in [0.5, 0.6) is 0 Å². The van der Waals surface area contributed by atoms with Gasteiger partial charge in [0.05, 0.1) is 12.0 Å². The van der Waals surface area contributed by atoms with Crippen molar-refractivity contribution in [1.29, 1.82) is 0 Å². The number of carbonyl (C=O) groups is 3. The van der Waals surface area contributed by atoms with Gasteiger partial charge in [-0.15, -0.1) is 0 Å². The largest absolute Gasteiger partial charge is 0.445 e. The summed E-state index contributed by atoms with van der Waals surface area (Å²) < 4.78 is 5.57. The van der Waals surface area contributed by atoms with Crippen LogP contribution in [0.3, 0.4) is 0 Å². The summed E-state index contributed by atoms with van der Waals surface area (Å²) in [6.07, 6.45) is 2.94. The van der Waals surface area contributed by atoms with Crippen LogP contribution >= 0.6 is 0 Å². The van der Waals surface area contributed by atoms with Gasteiger partial charge < -0.3 is 19.9 Å². The van der Waals surface area contributed by atoms with Crippen molar-refractivity contribution >= 4 is 17.9 Å². The van der Waals surface area contributed by atoms with Crippen LogP contribution in [0.15, 0.2) is 30.3 Å². The van der Waals surface area contributed by atoms with Gasteiger partial charge in [-0.1, -0.05) is 30.3 Å². The van der Waals surface area contributed by atoms with Crippen LogP contribution in [0.25, 0.3) is 0 Å². The van der Waals surface area contributed by atoms with E-state index in [2.05, 4.69) is 17.4 Å². The van der Waals surface area contributed by atoms with Crippen LogP contribution in [-0.4, -0.2) is 77.8 Å². The number of benzene rings is 1. The van der Waals surface area contributed by atoms with Crippen LogP contribution in [0.1, 0.15) is 43.6 Å². The van der Waals surface area contributed by atoms with Gasteiger partial charge in [-0.25, -0.2) is 10.3 Å². The van der Waals surface area contributed by atoms with E-state index >= 15 is 0 Å². The highest BCUT2D eigenvalue weighted by molar-refractivity contribution is 5.90. The van der Waals surface area contributed by atoms with Crippen molar-refractivity contribution in [2.75, 3.05) is 32.7 Å². The van der Waals surface area contributed by atoms with Crippen LogP contribution in [0, 0.1) is 5.92 Å². The number of hydrogen-bond donors (Lipinski definition) is 3. The van der Waals surface area contributed by atoms with Gasteiger partial charge in [0.1, 0.15) is 6.10 Å². The Morgan fingerprint density at radius 1 is 1.00 bits per heavy atom. The Morgan fingerprint density at radius 3 is 2.34 bits per heavy atom. The lowest BCUT2D eigenvalue weighted by molar-refractivity contribution is -0.146. The molecule has 3 heterocycles. The number of piperidine rings is 2. The van der Waals surface area contributed by atoms with Gasteiger partial charge in [0, 0.05) is 32.7 Å². The van der Waals surface area contributed by atoms with E-state index in [4.69, 9.17) is 4.74 Å². The highest BCUT2D eigenvalue weighted by Gasteiger charge is 2.43. The molecule has 3 aliphatic rings. The molecule has 3 N–H and O–H groups in total. The average Bonchev–Trinajstić information content (AvgIpc) is 3.39. The van der Waals surface area contributed by atoms with Gasteiger partial charge in [0.2, 0.25) is 11.8 Å². The molecule has 9 nitrogen and oxygen atoms in total. The first-order chi connectivity index (χ1) is 15.6. The van der Waals surface area contributed by atoms with Crippen molar-refractivity contribution in [3.63, 3.8) is 0 Å². The second-order valence-electron chi connectivity index (χ2n) is 8.91. The molecule has 3 aliphatic heterocycles. The van der Waals surface area contributed by atoms with E-state index in [0.717, 1.165) is 25.7 Å². The molecular formula is C23H32N4O5. The summed E-state index contributed by atoms with van der Waals surface area (Å²) in [6.45, 7) is 2.90. The molecule has 0 bridgehead atoms. The van der Waals surface area contributed by atoms with E-state index < -0.39 is 24.0 Å². The zero-order chi connectivity index (χ0) is 22.5. The molecule has 3 saturated heterocycles. The van der Waals surface area contributed by atoms with Crippen molar-refractivity contribution in [2.24, 2.45) is 5.92 Å². The summed E-state index contributed by atoms with van der Waals surface area (Å²) in [6, 6.07) is 9.55. The molecule has 3 atom stereocenters. The second kappa shape index (κ2) is 10.3. The first-order valence-corrected chi connectivity index (χ1v) is 11.5.